The van der Waals surface area contributed by atoms with Gasteiger partial charge in [0.15, 0.2) is 0 Å². The minimum Gasteiger partial charge on any atom is -0.366 e. The number of aromatic nitrogens is 3. The van der Waals surface area contributed by atoms with Gasteiger partial charge in [-0.3, -0.25) is 14.0 Å². The van der Waals surface area contributed by atoms with E-state index in [9.17, 15) is 14.0 Å². The summed E-state index contributed by atoms with van der Waals surface area (Å²) in [6.07, 6.45) is 0. The molecule has 1 aromatic carbocycles. The van der Waals surface area contributed by atoms with Gasteiger partial charge in [-0.25, -0.2) is 9.07 Å². The molecule has 0 atom stereocenters. The van der Waals surface area contributed by atoms with Crippen LogP contribution in [0.3, 0.4) is 0 Å². The zero-order valence-electron chi connectivity index (χ0n) is 17.3. The normalized spacial score (nSPS) is 14.7. The molecule has 0 bridgehead atoms. The number of benzene rings is 1. The molecule has 0 unspecified atom stereocenters. The summed E-state index contributed by atoms with van der Waals surface area (Å²) in [6, 6.07) is 10.6. The van der Waals surface area contributed by atoms with E-state index in [1.807, 2.05) is 35.3 Å². The highest BCUT2D eigenvalue weighted by molar-refractivity contribution is 7.19. The van der Waals surface area contributed by atoms with E-state index in [-0.39, 0.29) is 23.8 Å². The Morgan fingerprint density at radius 3 is 2.58 bits per heavy atom. The predicted molar refractivity (Wildman–Crippen MR) is 120 cm³/mol. The molecule has 0 aliphatic carbocycles. The second-order valence-corrected chi connectivity index (χ2v) is 9.09. The number of anilines is 1. The van der Waals surface area contributed by atoms with Crippen molar-refractivity contribution in [1.82, 2.24) is 19.1 Å². The Morgan fingerprint density at radius 1 is 1.10 bits per heavy atom. The molecular formula is C22H22FN5O2S. The van der Waals surface area contributed by atoms with Crippen LogP contribution in [0.4, 0.5) is 10.1 Å². The Balaban J connectivity index is 1.34. The highest BCUT2D eigenvalue weighted by Crippen LogP contribution is 2.28. The number of para-hydroxylation sites is 1. The summed E-state index contributed by atoms with van der Waals surface area (Å²) < 4.78 is 18.2. The van der Waals surface area contributed by atoms with Gasteiger partial charge in [0.25, 0.3) is 5.56 Å². The molecule has 3 aromatic heterocycles. The van der Waals surface area contributed by atoms with E-state index < -0.39 is 0 Å². The van der Waals surface area contributed by atoms with Gasteiger partial charge in [0.05, 0.1) is 15.9 Å². The Hall–Kier alpha value is -3.20. The number of fused-ring (bicyclic) bond motifs is 3. The molecule has 31 heavy (non-hydrogen) atoms. The van der Waals surface area contributed by atoms with Gasteiger partial charge in [-0.15, -0.1) is 11.3 Å². The molecule has 0 radical (unpaired) electrons. The summed E-state index contributed by atoms with van der Waals surface area (Å²) in [4.78, 5) is 30.7. The topological polar surface area (TPSA) is 62.9 Å². The van der Waals surface area contributed by atoms with Crippen molar-refractivity contribution in [3.05, 3.63) is 63.3 Å². The van der Waals surface area contributed by atoms with Crippen LogP contribution in [0.5, 0.6) is 0 Å². The molecule has 1 aliphatic heterocycles. The van der Waals surface area contributed by atoms with Crippen LogP contribution < -0.4 is 10.5 Å². The number of rotatable bonds is 3. The summed E-state index contributed by atoms with van der Waals surface area (Å²) in [6.45, 7) is 5.81. The van der Waals surface area contributed by atoms with Crippen molar-refractivity contribution in [2.75, 3.05) is 31.1 Å². The van der Waals surface area contributed by atoms with Gasteiger partial charge in [-0.05, 0) is 38.1 Å². The van der Waals surface area contributed by atoms with Crippen molar-refractivity contribution in [2.24, 2.45) is 0 Å². The highest BCUT2D eigenvalue weighted by atomic mass is 32.1. The summed E-state index contributed by atoms with van der Waals surface area (Å²) in [5.41, 5.74) is 1.79. The molecule has 5 rings (SSSR count). The SMILES string of the molecule is Cc1cc2c(cc3c(=O)n(CC(=O)N4CCN(c5ccccc5F)CC4)nc(C)n32)s1. The lowest BCUT2D eigenvalue weighted by molar-refractivity contribution is -0.132. The molecule has 0 spiro atoms. The predicted octanol–water partition coefficient (Wildman–Crippen LogP) is 2.82. The maximum absolute atomic E-state index is 14.0. The Kier molecular flexibility index (Phi) is 4.77. The molecule has 0 saturated carbocycles. The number of amides is 1. The molecule has 7 nitrogen and oxygen atoms in total. The summed E-state index contributed by atoms with van der Waals surface area (Å²) in [5, 5.41) is 4.41. The van der Waals surface area contributed by atoms with Crippen molar-refractivity contribution in [2.45, 2.75) is 20.4 Å². The van der Waals surface area contributed by atoms with Crippen LogP contribution in [0, 0.1) is 19.7 Å². The lowest BCUT2D eigenvalue weighted by Gasteiger charge is -2.36. The first-order valence-corrected chi connectivity index (χ1v) is 11.0. The Morgan fingerprint density at radius 2 is 1.84 bits per heavy atom. The monoisotopic (exact) mass is 439 g/mol. The van der Waals surface area contributed by atoms with Gasteiger partial charge in [-0.1, -0.05) is 12.1 Å². The molecule has 4 aromatic rings. The van der Waals surface area contributed by atoms with Crippen LogP contribution in [0.2, 0.25) is 0 Å². The maximum Gasteiger partial charge on any atom is 0.291 e. The smallest absolute Gasteiger partial charge is 0.291 e. The average Bonchev–Trinajstić information content (AvgIpc) is 3.28. The van der Waals surface area contributed by atoms with E-state index in [1.165, 1.54) is 15.6 Å². The minimum absolute atomic E-state index is 0.103. The van der Waals surface area contributed by atoms with Crippen molar-refractivity contribution in [1.29, 1.82) is 0 Å². The van der Waals surface area contributed by atoms with Crippen LogP contribution in [0.1, 0.15) is 10.7 Å². The molecule has 9 heteroatoms. The lowest BCUT2D eigenvalue weighted by atomic mass is 10.2. The number of carbonyl (C=O) groups excluding carboxylic acids is 1. The fourth-order valence-corrected chi connectivity index (χ4v) is 5.20. The molecule has 1 saturated heterocycles. The number of piperazine rings is 1. The van der Waals surface area contributed by atoms with E-state index >= 15 is 0 Å². The highest BCUT2D eigenvalue weighted by Gasteiger charge is 2.24. The third kappa shape index (κ3) is 3.38. The molecule has 160 valence electrons. The summed E-state index contributed by atoms with van der Waals surface area (Å²) in [5.74, 6) is 0.249. The standard InChI is InChI=1S/C22H22FN5O2S/c1-14-11-18-20(31-14)12-19-22(30)27(24-15(2)28(18)19)13-21(29)26-9-7-25(8-10-26)17-6-4-3-5-16(17)23/h3-6,11-12H,7-10,13H2,1-2H3. The lowest BCUT2D eigenvalue weighted by Crippen LogP contribution is -2.50. The van der Waals surface area contributed by atoms with Gasteiger partial charge in [0, 0.05) is 31.1 Å². The van der Waals surface area contributed by atoms with E-state index in [4.69, 9.17) is 0 Å². The van der Waals surface area contributed by atoms with Crippen LogP contribution >= 0.6 is 11.3 Å². The second-order valence-electron chi connectivity index (χ2n) is 7.80. The first kappa shape index (κ1) is 19.7. The van der Waals surface area contributed by atoms with E-state index in [1.54, 1.807) is 34.4 Å². The Labute approximate surface area is 181 Å². The molecule has 1 fully saturated rings. The largest absolute Gasteiger partial charge is 0.366 e. The van der Waals surface area contributed by atoms with Crippen LogP contribution in [-0.4, -0.2) is 51.2 Å². The zero-order valence-corrected chi connectivity index (χ0v) is 18.2. The van der Waals surface area contributed by atoms with E-state index in [0.29, 0.717) is 43.2 Å². The number of hydrogen-bond donors (Lipinski definition) is 0. The number of halogens is 1. The van der Waals surface area contributed by atoms with Gasteiger partial charge >= 0.3 is 0 Å². The van der Waals surface area contributed by atoms with E-state index in [2.05, 4.69) is 5.10 Å². The molecular weight excluding hydrogens is 417 g/mol. The third-order valence-corrected chi connectivity index (χ3v) is 6.75. The molecule has 1 aliphatic rings. The second kappa shape index (κ2) is 7.49. The fourth-order valence-electron chi connectivity index (χ4n) is 4.26. The molecule has 0 N–H and O–H groups in total. The van der Waals surface area contributed by atoms with Gasteiger partial charge < -0.3 is 9.80 Å². The summed E-state index contributed by atoms with van der Waals surface area (Å²) in [7, 11) is 0. The number of thiophene rings is 1. The number of aryl methyl sites for hydroxylation is 2. The van der Waals surface area contributed by atoms with E-state index in [0.717, 1.165) is 10.2 Å². The van der Waals surface area contributed by atoms with Gasteiger partial charge in [-0.2, -0.15) is 5.10 Å². The van der Waals surface area contributed by atoms with Crippen molar-refractivity contribution in [3.63, 3.8) is 0 Å². The number of nitrogens with zero attached hydrogens (tertiary/aromatic N) is 5. The third-order valence-electron chi connectivity index (χ3n) is 5.77. The summed E-state index contributed by atoms with van der Waals surface area (Å²) >= 11 is 1.63. The van der Waals surface area contributed by atoms with Crippen molar-refractivity contribution in [3.8, 4) is 0 Å². The van der Waals surface area contributed by atoms with Crippen LogP contribution in [-0.2, 0) is 11.3 Å². The first-order valence-electron chi connectivity index (χ1n) is 10.2. The fraction of sp³-hybridized carbons (Fsp3) is 0.318. The van der Waals surface area contributed by atoms with Crippen LogP contribution in [0.25, 0.3) is 15.7 Å². The quantitative estimate of drug-likeness (QED) is 0.493. The molecule has 1 amide bonds. The zero-order chi connectivity index (χ0) is 21.7. The molecule has 4 heterocycles. The first-order chi connectivity index (χ1) is 14.9. The van der Waals surface area contributed by atoms with Gasteiger partial charge in [0.1, 0.15) is 23.7 Å². The van der Waals surface area contributed by atoms with Crippen LogP contribution in [0.15, 0.2) is 41.2 Å². The number of hydrogen-bond acceptors (Lipinski definition) is 5. The van der Waals surface area contributed by atoms with Crippen molar-refractivity contribution >= 4 is 38.7 Å². The Bertz CT molecular complexity index is 1360. The van der Waals surface area contributed by atoms with Gasteiger partial charge in [0.2, 0.25) is 5.91 Å². The minimum atomic E-state index is -0.273. The number of carbonyl (C=O) groups is 1. The maximum atomic E-state index is 14.0. The average molecular weight is 440 g/mol. The van der Waals surface area contributed by atoms with Crippen molar-refractivity contribution < 1.29 is 9.18 Å².